The molecule has 0 radical (unpaired) electrons. The van der Waals surface area contributed by atoms with E-state index in [-0.39, 0.29) is 6.04 Å². The zero-order valence-electron chi connectivity index (χ0n) is 8.12. The number of nitrogens with zero attached hydrogens (tertiary/aromatic N) is 2. The summed E-state index contributed by atoms with van der Waals surface area (Å²) in [6.07, 6.45) is 10.2. The Bertz CT molecular complexity index is 295. The van der Waals surface area contributed by atoms with Crippen molar-refractivity contribution >= 4 is 0 Å². The van der Waals surface area contributed by atoms with Gasteiger partial charge in [-0.2, -0.15) is 5.10 Å². The second kappa shape index (κ2) is 4.68. The Hall–Kier alpha value is -1.27. The van der Waals surface area contributed by atoms with E-state index in [1.54, 1.807) is 10.9 Å². The van der Waals surface area contributed by atoms with Crippen LogP contribution in [-0.2, 0) is 7.05 Å². The molecule has 0 saturated carbocycles. The van der Waals surface area contributed by atoms with Crippen LogP contribution in [0.2, 0.25) is 0 Å². The smallest absolute Gasteiger partial charge is 0.0973 e. The Labute approximate surface area is 79.1 Å². The SMILES string of the molecule is C#CC(NCCC)c1cnn(C)c1. The van der Waals surface area contributed by atoms with E-state index in [9.17, 15) is 0 Å². The molecule has 0 saturated heterocycles. The Morgan fingerprint density at radius 3 is 3.00 bits per heavy atom. The molecule has 1 N–H and O–H groups in total. The van der Waals surface area contributed by atoms with Gasteiger partial charge in [-0.15, -0.1) is 6.42 Å². The van der Waals surface area contributed by atoms with E-state index in [4.69, 9.17) is 6.42 Å². The van der Waals surface area contributed by atoms with E-state index in [2.05, 4.69) is 23.3 Å². The van der Waals surface area contributed by atoms with Crippen molar-refractivity contribution in [3.8, 4) is 12.3 Å². The number of rotatable bonds is 4. The minimum atomic E-state index is -0.00588. The normalized spacial score (nSPS) is 12.4. The molecule has 0 bridgehead atoms. The Kier molecular flexibility index (Phi) is 3.53. The molecule has 70 valence electrons. The van der Waals surface area contributed by atoms with Crippen molar-refractivity contribution < 1.29 is 0 Å². The lowest BCUT2D eigenvalue weighted by Gasteiger charge is -2.09. The van der Waals surface area contributed by atoms with Gasteiger partial charge in [-0.05, 0) is 13.0 Å². The molecule has 0 aliphatic carbocycles. The molecule has 1 heterocycles. The summed E-state index contributed by atoms with van der Waals surface area (Å²) >= 11 is 0. The number of hydrogen-bond donors (Lipinski definition) is 1. The molecule has 0 aliphatic heterocycles. The van der Waals surface area contributed by atoms with Crippen molar-refractivity contribution in [1.29, 1.82) is 0 Å². The maximum atomic E-state index is 5.41. The van der Waals surface area contributed by atoms with Crippen molar-refractivity contribution in [2.75, 3.05) is 6.54 Å². The fourth-order valence-corrected chi connectivity index (χ4v) is 1.15. The molecule has 0 spiro atoms. The number of terminal acetylenes is 1. The first-order chi connectivity index (χ1) is 6.27. The molecule has 1 aromatic heterocycles. The van der Waals surface area contributed by atoms with Crippen LogP contribution in [-0.4, -0.2) is 16.3 Å². The first kappa shape index (κ1) is 9.82. The van der Waals surface area contributed by atoms with Gasteiger partial charge in [0, 0.05) is 18.8 Å². The van der Waals surface area contributed by atoms with Crippen molar-refractivity contribution in [1.82, 2.24) is 15.1 Å². The third-order valence-electron chi connectivity index (χ3n) is 1.82. The molecule has 0 fully saturated rings. The maximum Gasteiger partial charge on any atom is 0.0973 e. The highest BCUT2D eigenvalue weighted by molar-refractivity contribution is 5.20. The largest absolute Gasteiger partial charge is 0.300 e. The molecule has 0 aromatic carbocycles. The standard InChI is InChI=1S/C10H15N3/c1-4-6-11-10(5-2)9-7-12-13(3)8-9/h2,7-8,10-11H,4,6H2,1,3H3. The monoisotopic (exact) mass is 177 g/mol. The Morgan fingerprint density at radius 2 is 2.54 bits per heavy atom. The van der Waals surface area contributed by atoms with Crippen LogP contribution >= 0.6 is 0 Å². The predicted octanol–water partition coefficient (Wildman–Crippen LogP) is 1.09. The highest BCUT2D eigenvalue weighted by atomic mass is 15.2. The van der Waals surface area contributed by atoms with Gasteiger partial charge in [-0.3, -0.25) is 10.00 Å². The lowest BCUT2D eigenvalue weighted by atomic mass is 10.2. The van der Waals surface area contributed by atoms with Gasteiger partial charge in [0.15, 0.2) is 0 Å². The first-order valence-electron chi connectivity index (χ1n) is 4.46. The first-order valence-corrected chi connectivity index (χ1v) is 4.46. The van der Waals surface area contributed by atoms with E-state index < -0.39 is 0 Å². The van der Waals surface area contributed by atoms with Gasteiger partial charge in [0.25, 0.3) is 0 Å². The van der Waals surface area contributed by atoms with Gasteiger partial charge in [0.05, 0.1) is 12.2 Å². The van der Waals surface area contributed by atoms with Crippen LogP contribution in [0.4, 0.5) is 0 Å². The Morgan fingerprint density at radius 1 is 1.77 bits per heavy atom. The topological polar surface area (TPSA) is 29.9 Å². The van der Waals surface area contributed by atoms with Crippen LogP contribution in [0.3, 0.4) is 0 Å². The summed E-state index contributed by atoms with van der Waals surface area (Å²) < 4.78 is 1.76. The number of nitrogens with one attached hydrogen (secondary N) is 1. The van der Waals surface area contributed by atoms with Crippen LogP contribution < -0.4 is 5.32 Å². The maximum absolute atomic E-state index is 5.41. The molecule has 1 unspecified atom stereocenters. The number of hydrogen-bond acceptors (Lipinski definition) is 2. The van der Waals surface area contributed by atoms with Crippen molar-refractivity contribution in [2.45, 2.75) is 19.4 Å². The Balaban J connectivity index is 2.63. The summed E-state index contributed by atoms with van der Waals surface area (Å²) in [5.41, 5.74) is 1.05. The quantitative estimate of drug-likeness (QED) is 0.698. The molecule has 3 heteroatoms. The molecule has 0 aliphatic rings. The van der Waals surface area contributed by atoms with Crippen molar-refractivity contribution in [3.05, 3.63) is 18.0 Å². The predicted molar refractivity (Wildman–Crippen MR) is 53.1 cm³/mol. The summed E-state index contributed by atoms with van der Waals surface area (Å²) in [6, 6.07) is -0.00588. The summed E-state index contributed by atoms with van der Waals surface area (Å²) in [5.74, 6) is 2.70. The van der Waals surface area contributed by atoms with E-state index in [0.717, 1.165) is 18.5 Å². The molecule has 13 heavy (non-hydrogen) atoms. The van der Waals surface area contributed by atoms with Gasteiger partial charge < -0.3 is 0 Å². The number of aromatic nitrogens is 2. The van der Waals surface area contributed by atoms with E-state index >= 15 is 0 Å². The molecule has 3 nitrogen and oxygen atoms in total. The lowest BCUT2D eigenvalue weighted by molar-refractivity contribution is 0.625. The van der Waals surface area contributed by atoms with Crippen LogP contribution in [0, 0.1) is 12.3 Å². The second-order valence-electron chi connectivity index (χ2n) is 3.00. The van der Waals surface area contributed by atoms with E-state index in [1.807, 2.05) is 13.2 Å². The van der Waals surface area contributed by atoms with Gasteiger partial charge in [-0.25, -0.2) is 0 Å². The zero-order chi connectivity index (χ0) is 9.68. The molecular formula is C10H15N3. The van der Waals surface area contributed by atoms with Crippen LogP contribution in [0.15, 0.2) is 12.4 Å². The minimum Gasteiger partial charge on any atom is -0.300 e. The lowest BCUT2D eigenvalue weighted by Crippen LogP contribution is -2.20. The zero-order valence-corrected chi connectivity index (χ0v) is 8.12. The van der Waals surface area contributed by atoms with E-state index in [0.29, 0.717) is 0 Å². The summed E-state index contributed by atoms with van der Waals surface area (Å²) in [4.78, 5) is 0. The second-order valence-corrected chi connectivity index (χ2v) is 3.00. The van der Waals surface area contributed by atoms with E-state index in [1.165, 1.54) is 0 Å². The molecule has 1 atom stereocenters. The van der Waals surface area contributed by atoms with Gasteiger partial charge in [0.1, 0.15) is 0 Å². The third-order valence-corrected chi connectivity index (χ3v) is 1.82. The minimum absolute atomic E-state index is 0.00588. The average Bonchev–Trinajstić information content (AvgIpc) is 2.54. The van der Waals surface area contributed by atoms with Gasteiger partial charge in [0.2, 0.25) is 0 Å². The fourth-order valence-electron chi connectivity index (χ4n) is 1.15. The van der Waals surface area contributed by atoms with Crippen molar-refractivity contribution in [2.24, 2.45) is 7.05 Å². The van der Waals surface area contributed by atoms with Crippen molar-refractivity contribution in [3.63, 3.8) is 0 Å². The summed E-state index contributed by atoms with van der Waals surface area (Å²) in [7, 11) is 1.89. The van der Waals surface area contributed by atoms with Gasteiger partial charge in [-0.1, -0.05) is 12.8 Å². The fraction of sp³-hybridized carbons (Fsp3) is 0.500. The highest BCUT2D eigenvalue weighted by Crippen LogP contribution is 2.09. The molecule has 1 rings (SSSR count). The molecule has 0 amide bonds. The van der Waals surface area contributed by atoms with Crippen LogP contribution in [0.5, 0.6) is 0 Å². The van der Waals surface area contributed by atoms with Gasteiger partial charge >= 0.3 is 0 Å². The third kappa shape index (κ3) is 2.60. The van der Waals surface area contributed by atoms with Crippen LogP contribution in [0.25, 0.3) is 0 Å². The average molecular weight is 177 g/mol. The molecule has 1 aromatic rings. The molecular weight excluding hydrogens is 162 g/mol. The highest BCUT2D eigenvalue weighted by Gasteiger charge is 2.07. The summed E-state index contributed by atoms with van der Waals surface area (Å²) in [6.45, 7) is 3.05. The summed E-state index contributed by atoms with van der Waals surface area (Å²) in [5, 5.41) is 7.33. The number of aryl methyl sites for hydroxylation is 1. The van der Waals surface area contributed by atoms with Crippen LogP contribution in [0.1, 0.15) is 24.9 Å².